The molecule has 0 fully saturated rings. The van der Waals surface area contributed by atoms with Gasteiger partial charge in [-0.25, -0.2) is 0 Å². The standard InChI is InChI=1S/C20H26N2O2S/c1-5-6-7-8-13(2)11-15-9-10-16-17(12-15)25-20(22-14(3)23)18(16)19(24)21-4/h5-8,15H,2,9-12H2,1,3-4H3,(H,21,24)(H,22,23)/b6-5-,8-7-. The van der Waals surface area contributed by atoms with E-state index < -0.39 is 0 Å². The molecule has 5 heteroatoms. The van der Waals surface area contributed by atoms with Gasteiger partial charge in [0.1, 0.15) is 5.00 Å². The highest BCUT2D eigenvalue weighted by molar-refractivity contribution is 7.17. The van der Waals surface area contributed by atoms with E-state index in [0.717, 1.165) is 36.8 Å². The molecule has 0 aliphatic heterocycles. The molecule has 0 radical (unpaired) electrons. The summed E-state index contributed by atoms with van der Waals surface area (Å²) in [6.07, 6.45) is 11.8. The monoisotopic (exact) mass is 358 g/mol. The average Bonchev–Trinajstić information content (AvgIpc) is 2.90. The van der Waals surface area contributed by atoms with Gasteiger partial charge in [-0.2, -0.15) is 0 Å². The van der Waals surface area contributed by atoms with Crippen LogP contribution in [0.1, 0.15) is 47.5 Å². The molecule has 1 atom stereocenters. The molecular formula is C20H26N2O2S. The summed E-state index contributed by atoms with van der Waals surface area (Å²) in [5.74, 6) is 0.248. The third-order valence-electron chi connectivity index (χ3n) is 4.30. The first kappa shape index (κ1) is 19.2. The van der Waals surface area contributed by atoms with Crippen molar-refractivity contribution in [3.63, 3.8) is 0 Å². The van der Waals surface area contributed by atoms with Gasteiger partial charge in [0.2, 0.25) is 5.91 Å². The summed E-state index contributed by atoms with van der Waals surface area (Å²) in [7, 11) is 1.62. The normalized spacial score (nSPS) is 16.8. The predicted molar refractivity (Wildman–Crippen MR) is 105 cm³/mol. The van der Waals surface area contributed by atoms with Crippen LogP contribution >= 0.6 is 11.3 Å². The Labute approximate surface area is 153 Å². The van der Waals surface area contributed by atoms with Crippen molar-refractivity contribution in [2.45, 2.75) is 39.5 Å². The number of hydrogen-bond donors (Lipinski definition) is 2. The van der Waals surface area contributed by atoms with Crippen LogP contribution in [0.4, 0.5) is 5.00 Å². The van der Waals surface area contributed by atoms with Gasteiger partial charge in [0, 0.05) is 18.8 Å². The van der Waals surface area contributed by atoms with E-state index in [4.69, 9.17) is 0 Å². The Balaban J connectivity index is 2.17. The quantitative estimate of drug-likeness (QED) is 0.747. The van der Waals surface area contributed by atoms with Crippen LogP contribution in [-0.4, -0.2) is 18.9 Å². The van der Waals surface area contributed by atoms with Crippen LogP contribution in [0.15, 0.2) is 36.5 Å². The van der Waals surface area contributed by atoms with Crippen molar-refractivity contribution < 1.29 is 9.59 Å². The molecule has 2 N–H and O–H groups in total. The lowest BCUT2D eigenvalue weighted by Gasteiger charge is -2.22. The molecule has 2 amide bonds. The average molecular weight is 359 g/mol. The van der Waals surface area contributed by atoms with Gasteiger partial charge in [0.05, 0.1) is 5.56 Å². The van der Waals surface area contributed by atoms with Crippen LogP contribution in [0.5, 0.6) is 0 Å². The second-order valence-corrected chi connectivity index (χ2v) is 7.43. The zero-order chi connectivity index (χ0) is 18.4. The molecule has 25 heavy (non-hydrogen) atoms. The maximum absolute atomic E-state index is 12.3. The molecule has 0 saturated carbocycles. The summed E-state index contributed by atoms with van der Waals surface area (Å²) in [6, 6.07) is 0. The minimum atomic E-state index is -0.150. The topological polar surface area (TPSA) is 58.2 Å². The lowest BCUT2D eigenvalue weighted by atomic mass is 9.83. The molecule has 1 aliphatic carbocycles. The fourth-order valence-electron chi connectivity index (χ4n) is 3.18. The van der Waals surface area contributed by atoms with Crippen LogP contribution < -0.4 is 10.6 Å². The Kier molecular flexibility index (Phi) is 6.76. The Morgan fingerprint density at radius 1 is 1.36 bits per heavy atom. The zero-order valence-corrected chi connectivity index (χ0v) is 16.0. The third-order valence-corrected chi connectivity index (χ3v) is 5.47. The molecule has 4 nitrogen and oxygen atoms in total. The fraction of sp³-hybridized carbons (Fsp3) is 0.400. The minimum absolute atomic E-state index is 0.126. The molecule has 0 spiro atoms. The van der Waals surface area contributed by atoms with Crippen LogP contribution in [0.2, 0.25) is 0 Å². The number of amides is 2. The second kappa shape index (κ2) is 8.81. The fourth-order valence-corrected chi connectivity index (χ4v) is 4.59. The molecule has 134 valence electrons. The summed E-state index contributed by atoms with van der Waals surface area (Å²) in [4.78, 5) is 24.9. The summed E-state index contributed by atoms with van der Waals surface area (Å²) in [5, 5.41) is 6.18. The van der Waals surface area contributed by atoms with E-state index in [1.54, 1.807) is 7.05 Å². The van der Waals surface area contributed by atoms with Gasteiger partial charge in [0.25, 0.3) is 5.91 Å². The van der Waals surface area contributed by atoms with E-state index in [1.165, 1.54) is 23.1 Å². The van der Waals surface area contributed by atoms with Crippen molar-refractivity contribution >= 4 is 28.2 Å². The number of thiophene rings is 1. The highest BCUT2D eigenvalue weighted by Gasteiger charge is 2.28. The van der Waals surface area contributed by atoms with Gasteiger partial charge in [0.15, 0.2) is 0 Å². The molecule has 0 saturated heterocycles. The lowest BCUT2D eigenvalue weighted by molar-refractivity contribution is -0.114. The van der Waals surface area contributed by atoms with Gasteiger partial charge in [-0.15, -0.1) is 11.3 Å². The molecule has 1 aliphatic rings. The van der Waals surface area contributed by atoms with Crippen molar-refractivity contribution in [1.29, 1.82) is 0 Å². The van der Waals surface area contributed by atoms with Crippen molar-refractivity contribution in [2.75, 3.05) is 12.4 Å². The van der Waals surface area contributed by atoms with Gasteiger partial charge in [-0.3, -0.25) is 9.59 Å². The van der Waals surface area contributed by atoms with Crippen LogP contribution in [0.3, 0.4) is 0 Å². The molecule has 0 aromatic carbocycles. The van der Waals surface area contributed by atoms with E-state index in [1.807, 2.05) is 25.2 Å². The molecule has 1 heterocycles. The molecule has 1 unspecified atom stereocenters. The van der Waals surface area contributed by atoms with Gasteiger partial charge in [-0.1, -0.05) is 36.5 Å². The van der Waals surface area contributed by atoms with Crippen LogP contribution in [-0.2, 0) is 17.6 Å². The number of fused-ring (bicyclic) bond motifs is 1. The van der Waals surface area contributed by atoms with Crippen molar-refractivity contribution in [3.8, 4) is 0 Å². The van der Waals surface area contributed by atoms with E-state index >= 15 is 0 Å². The number of hydrogen-bond acceptors (Lipinski definition) is 3. The van der Waals surface area contributed by atoms with Gasteiger partial charge in [-0.05, 0) is 44.1 Å². The maximum Gasteiger partial charge on any atom is 0.254 e. The summed E-state index contributed by atoms with van der Waals surface area (Å²) >= 11 is 1.53. The second-order valence-electron chi connectivity index (χ2n) is 6.32. The lowest BCUT2D eigenvalue weighted by Crippen LogP contribution is -2.22. The number of carbonyl (C=O) groups is 2. The maximum atomic E-state index is 12.3. The third kappa shape index (κ3) is 4.92. The first-order chi connectivity index (χ1) is 12.0. The Morgan fingerprint density at radius 2 is 2.12 bits per heavy atom. The highest BCUT2D eigenvalue weighted by Crippen LogP contribution is 2.41. The summed E-state index contributed by atoms with van der Waals surface area (Å²) in [5.41, 5.74) is 2.86. The Hall–Kier alpha value is -2.14. The van der Waals surface area contributed by atoms with E-state index in [2.05, 4.69) is 23.3 Å². The molecular weight excluding hydrogens is 332 g/mol. The van der Waals surface area contributed by atoms with E-state index in [0.29, 0.717) is 16.5 Å². The van der Waals surface area contributed by atoms with E-state index in [-0.39, 0.29) is 11.8 Å². The molecule has 1 aromatic heterocycles. The molecule has 0 bridgehead atoms. The first-order valence-electron chi connectivity index (χ1n) is 8.57. The Bertz CT molecular complexity index is 728. The summed E-state index contributed by atoms with van der Waals surface area (Å²) in [6.45, 7) is 7.60. The minimum Gasteiger partial charge on any atom is -0.355 e. The Morgan fingerprint density at radius 3 is 2.76 bits per heavy atom. The van der Waals surface area contributed by atoms with Crippen molar-refractivity contribution in [3.05, 3.63) is 52.5 Å². The summed E-state index contributed by atoms with van der Waals surface area (Å²) < 4.78 is 0. The molecule has 1 aromatic rings. The van der Waals surface area contributed by atoms with Crippen molar-refractivity contribution in [1.82, 2.24) is 5.32 Å². The molecule has 2 rings (SSSR count). The van der Waals surface area contributed by atoms with Crippen molar-refractivity contribution in [2.24, 2.45) is 5.92 Å². The van der Waals surface area contributed by atoms with E-state index in [9.17, 15) is 9.59 Å². The van der Waals surface area contributed by atoms with Gasteiger partial charge < -0.3 is 10.6 Å². The van der Waals surface area contributed by atoms with Crippen LogP contribution in [0.25, 0.3) is 0 Å². The number of carbonyl (C=O) groups excluding carboxylic acids is 2. The SMILES string of the molecule is C=C(/C=C\C=C/C)CC1CCc2c(sc(NC(C)=O)c2C(=O)NC)C1. The number of anilines is 1. The zero-order valence-electron chi connectivity index (χ0n) is 15.1. The predicted octanol–water partition coefficient (Wildman–Crippen LogP) is 4.25. The number of allylic oxidation sites excluding steroid dienone is 5. The van der Waals surface area contributed by atoms with Gasteiger partial charge >= 0.3 is 0 Å². The van der Waals surface area contributed by atoms with Crippen LogP contribution in [0, 0.1) is 5.92 Å². The number of rotatable bonds is 6. The number of nitrogens with one attached hydrogen (secondary N) is 2. The largest absolute Gasteiger partial charge is 0.355 e. The smallest absolute Gasteiger partial charge is 0.254 e. The first-order valence-corrected chi connectivity index (χ1v) is 9.39. The highest BCUT2D eigenvalue weighted by atomic mass is 32.1.